The molecule has 1 aliphatic heterocycles. The number of carbonyl (C=O) groups is 1. The zero-order valence-electron chi connectivity index (χ0n) is 12.5. The topological polar surface area (TPSA) is 70.2 Å². The molecule has 1 fully saturated rings. The van der Waals surface area contributed by atoms with Gasteiger partial charge in [0.05, 0.1) is 6.54 Å². The van der Waals surface area contributed by atoms with Gasteiger partial charge in [0.1, 0.15) is 11.4 Å². The highest BCUT2D eigenvalue weighted by molar-refractivity contribution is 5.68. The number of likely N-dealkylation sites (tertiary alicyclic amines) is 1. The van der Waals surface area contributed by atoms with Crippen molar-refractivity contribution in [1.29, 1.82) is 0 Å². The number of H-pyrrole nitrogens is 1. The second kappa shape index (κ2) is 6.26. The normalized spacial score (nSPS) is 17.9. The molecule has 0 bridgehead atoms. The summed E-state index contributed by atoms with van der Waals surface area (Å²) in [5.41, 5.74) is -0.440. The number of nitrogens with one attached hydrogen (secondary N) is 2. The van der Waals surface area contributed by atoms with E-state index in [0.29, 0.717) is 0 Å². The number of ether oxygens (including phenoxy) is 1. The number of hydrogen-bond acceptors (Lipinski definition) is 4. The Labute approximate surface area is 119 Å². The summed E-state index contributed by atoms with van der Waals surface area (Å²) in [6.45, 7) is 8.38. The number of aromatic amines is 1. The number of carbonyl (C=O) groups excluding carboxylic acids is 1. The van der Waals surface area contributed by atoms with Crippen LogP contribution >= 0.6 is 0 Å². The maximum atomic E-state index is 11.7. The van der Waals surface area contributed by atoms with E-state index in [1.807, 2.05) is 27.0 Å². The van der Waals surface area contributed by atoms with Crippen LogP contribution in [-0.4, -0.2) is 45.7 Å². The smallest absolute Gasteiger partial charge is 0.407 e. The Balaban J connectivity index is 1.70. The molecule has 6 heteroatoms. The third-order valence-electron chi connectivity index (χ3n) is 3.24. The minimum absolute atomic E-state index is 0.206. The number of alkyl carbamates (subject to hydrolysis) is 1. The molecule has 0 aromatic carbocycles. The van der Waals surface area contributed by atoms with Gasteiger partial charge in [0, 0.05) is 31.5 Å². The van der Waals surface area contributed by atoms with Crippen LogP contribution in [0.1, 0.15) is 39.4 Å². The van der Waals surface area contributed by atoms with E-state index in [0.717, 1.165) is 38.3 Å². The fourth-order valence-electron chi connectivity index (χ4n) is 2.31. The molecule has 0 radical (unpaired) electrons. The number of aromatic nitrogens is 2. The predicted molar refractivity (Wildman–Crippen MR) is 76.3 cm³/mol. The third-order valence-corrected chi connectivity index (χ3v) is 3.24. The summed E-state index contributed by atoms with van der Waals surface area (Å²) in [6.07, 6.45) is 5.18. The van der Waals surface area contributed by atoms with Gasteiger partial charge in [-0.25, -0.2) is 9.78 Å². The van der Waals surface area contributed by atoms with Crippen LogP contribution in [0.3, 0.4) is 0 Å². The molecule has 2 rings (SSSR count). The van der Waals surface area contributed by atoms with Gasteiger partial charge < -0.3 is 15.0 Å². The van der Waals surface area contributed by atoms with Gasteiger partial charge >= 0.3 is 6.09 Å². The van der Waals surface area contributed by atoms with Crippen LogP contribution in [0.25, 0.3) is 0 Å². The number of rotatable bonds is 3. The molecule has 1 aromatic heterocycles. The summed E-state index contributed by atoms with van der Waals surface area (Å²) in [5.74, 6) is 0.989. The molecule has 112 valence electrons. The first-order valence-electron chi connectivity index (χ1n) is 7.12. The van der Waals surface area contributed by atoms with Gasteiger partial charge in [0.15, 0.2) is 0 Å². The first kappa shape index (κ1) is 14.8. The molecule has 1 saturated heterocycles. The van der Waals surface area contributed by atoms with Crippen molar-refractivity contribution in [2.45, 2.75) is 51.8 Å². The van der Waals surface area contributed by atoms with Crippen molar-refractivity contribution in [3.63, 3.8) is 0 Å². The van der Waals surface area contributed by atoms with Crippen molar-refractivity contribution in [1.82, 2.24) is 20.2 Å². The largest absolute Gasteiger partial charge is 0.444 e. The Bertz CT molecular complexity index is 417. The van der Waals surface area contributed by atoms with E-state index in [9.17, 15) is 4.79 Å². The van der Waals surface area contributed by atoms with E-state index in [-0.39, 0.29) is 12.1 Å². The number of nitrogens with zero attached hydrogens (tertiary/aromatic N) is 2. The average Bonchev–Trinajstić information content (AvgIpc) is 2.82. The van der Waals surface area contributed by atoms with Crippen LogP contribution in [0.5, 0.6) is 0 Å². The highest BCUT2D eigenvalue weighted by atomic mass is 16.6. The summed E-state index contributed by atoms with van der Waals surface area (Å²) in [4.78, 5) is 21.4. The van der Waals surface area contributed by atoms with Crippen molar-refractivity contribution in [3.8, 4) is 0 Å². The van der Waals surface area contributed by atoms with Gasteiger partial charge in [-0.2, -0.15) is 0 Å². The van der Waals surface area contributed by atoms with Crippen LogP contribution in [0.15, 0.2) is 12.4 Å². The molecule has 0 spiro atoms. The lowest BCUT2D eigenvalue weighted by Crippen LogP contribution is -2.45. The SMILES string of the molecule is CC(C)(C)OC(=O)NC1CCN(Cc2ncc[nH]2)CC1. The molecule has 0 saturated carbocycles. The van der Waals surface area contributed by atoms with Crippen LogP contribution in [0.4, 0.5) is 4.79 Å². The van der Waals surface area contributed by atoms with E-state index in [4.69, 9.17) is 4.74 Å². The summed E-state index contributed by atoms with van der Waals surface area (Å²) in [5, 5.41) is 2.94. The van der Waals surface area contributed by atoms with E-state index in [1.165, 1.54) is 0 Å². The summed E-state index contributed by atoms with van der Waals surface area (Å²) in [6, 6.07) is 0.206. The molecular formula is C14H24N4O2. The van der Waals surface area contributed by atoms with Crippen LogP contribution in [-0.2, 0) is 11.3 Å². The predicted octanol–water partition coefficient (Wildman–Crippen LogP) is 1.90. The van der Waals surface area contributed by atoms with E-state index in [2.05, 4.69) is 20.2 Å². The zero-order valence-corrected chi connectivity index (χ0v) is 12.5. The third kappa shape index (κ3) is 4.85. The molecular weight excluding hydrogens is 256 g/mol. The zero-order chi connectivity index (χ0) is 14.6. The molecule has 2 N–H and O–H groups in total. The Hall–Kier alpha value is -1.56. The van der Waals surface area contributed by atoms with Crippen molar-refractivity contribution in [3.05, 3.63) is 18.2 Å². The quantitative estimate of drug-likeness (QED) is 0.887. The Morgan fingerprint density at radius 3 is 2.75 bits per heavy atom. The van der Waals surface area contributed by atoms with Crippen LogP contribution in [0, 0.1) is 0 Å². The maximum absolute atomic E-state index is 11.7. The van der Waals surface area contributed by atoms with Gasteiger partial charge in [-0.1, -0.05) is 0 Å². The highest BCUT2D eigenvalue weighted by Gasteiger charge is 2.23. The minimum Gasteiger partial charge on any atom is -0.444 e. The summed E-state index contributed by atoms with van der Waals surface area (Å²) in [7, 11) is 0. The molecule has 0 aliphatic carbocycles. The van der Waals surface area contributed by atoms with Crippen LogP contribution in [0.2, 0.25) is 0 Å². The minimum atomic E-state index is -0.440. The Morgan fingerprint density at radius 1 is 1.50 bits per heavy atom. The van der Waals surface area contributed by atoms with Crippen molar-refractivity contribution in [2.75, 3.05) is 13.1 Å². The lowest BCUT2D eigenvalue weighted by molar-refractivity contribution is 0.0477. The number of piperidine rings is 1. The van der Waals surface area contributed by atoms with Crippen molar-refractivity contribution >= 4 is 6.09 Å². The Morgan fingerprint density at radius 2 is 2.20 bits per heavy atom. The van der Waals surface area contributed by atoms with Crippen molar-refractivity contribution < 1.29 is 9.53 Å². The van der Waals surface area contributed by atoms with E-state index < -0.39 is 5.60 Å². The molecule has 0 unspecified atom stereocenters. The number of hydrogen-bond donors (Lipinski definition) is 2. The van der Waals surface area contributed by atoms with Crippen LogP contribution < -0.4 is 5.32 Å². The highest BCUT2D eigenvalue weighted by Crippen LogP contribution is 2.13. The summed E-state index contributed by atoms with van der Waals surface area (Å²) >= 11 is 0. The average molecular weight is 280 g/mol. The first-order chi connectivity index (χ1) is 9.42. The number of amides is 1. The first-order valence-corrected chi connectivity index (χ1v) is 7.12. The standard InChI is InChI=1S/C14H24N4O2/c1-14(2,3)20-13(19)17-11-4-8-18(9-5-11)10-12-15-6-7-16-12/h6-7,11H,4-5,8-10H2,1-3H3,(H,15,16)(H,17,19). The van der Waals surface area contributed by atoms with Gasteiger partial charge in [-0.3, -0.25) is 4.90 Å². The van der Waals surface area contributed by atoms with Gasteiger partial charge in [0.25, 0.3) is 0 Å². The molecule has 20 heavy (non-hydrogen) atoms. The fraction of sp³-hybridized carbons (Fsp3) is 0.714. The lowest BCUT2D eigenvalue weighted by atomic mass is 10.1. The second-order valence-electron chi connectivity index (χ2n) is 6.23. The molecule has 1 amide bonds. The van der Waals surface area contributed by atoms with Gasteiger partial charge in [-0.05, 0) is 33.6 Å². The maximum Gasteiger partial charge on any atom is 0.407 e. The Kier molecular flexibility index (Phi) is 4.65. The van der Waals surface area contributed by atoms with Crippen molar-refractivity contribution in [2.24, 2.45) is 0 Å². The lowest BCUT2D eigenvalue weighted by Gasteiger charge is -2.32. The molecule has 1 aliphatic rings. The fourth-order valence-corrected chi connectivity index (χ4v) is 2.31. The molecule has 2 heterocycles. The number of imidazole rings is 1. The second-order valence-corrected chi connectivity index (χ2v) is 6.23. The monoisotopic (exact) mass is 280 g/mol. The molecule has 0 atom stereocenters. The van der Waals surface area contributed by atoms with Gasteiger partial charge in [-0.15, -0.1) is 0 Å². The summed E-state index contributed by atoms with van der Waals surface area (Å²) < 4.78 is 5.27. The van der Waals surface area contributed by atoms with Gasteiger partial charge in [0.2, 0.25) is 0 Å². The van der Waals surface area contributed by atoms with E-state index >= 15 is 0 Å². The molecule has 1 aromatic rings. The van der Waals surface area contributed by atoms with E-state index in [1.54, 1.807) is 6.20 Å². The molecule has 6 nitrogen and oxygen atoms in total.